The Morgan fingerprint density at radius 2 is 2.14 bits per heavy atom. The number of carbonyl (C=O) groups is 1. The molecule has 1 atom stereocenters. The molecule has 0 radical (unpaired) electrons. The van der Waals surface area contributed by atoms with E-state index in [0.29, 0.717) is 5.90 Å². The number of aromatic nitrogens is 1. The molecule has 1 aromatic heterocycles. The van der Waals surface area contributed by atoms with Crippen LogP contribution in [0.4, 0.5) is 0 Å². The van der Waals surface area contributed by atoms with Gasteiger partial charge < -0.3 is 4.74 Å². The van der Waals surface area contributed by atoms with Crippen LogP contribution < -0.4 is 0 Å². The van der Waals surface area contributed by atoms with Gasteiger partial charge in [0.2, 0.25) is 18.0 Å². The van der Waals surface area contributed by atoms with E-state index in [4.69, 9.17) is 4.74 Å². The Balaban J connectivity index is 1.94. The number of hydrazone groups is 1. The van der Waals surface area contributed by atoms with Crippen molar-refractivity contribution in [2.24, 2.45) is 5.10 Å². The molecule has 0 aliphatic carbocycles. The van der Waals surface area contributed by atoms with Crippen LogP contribution in [0.5, 0.6) is 0 Å². The first-order valence-electron chi connectivity index (χ1n) is 6.78. The number of carbonyl (C=O) groups excluding carboxylic acids is 1. The normalized spacial score (nSPS) is 17.1. The third-order valence-corrected chi connectivity index (χ3v) is 3.75. The van der Waals surface area contributed by atoms with Crippen LogP contribution in [0.1, 0.15) is 30.0 Å². The van der Waals surface area contributed by atoms with Gasteiger partial charge in [-0.1, -0.05) is 28.1 Å². The lowest BCUT2D eigenvalue weighted by Gasteiger charge is -2.19. The van der Waals surface area contributed by atoms with Gasteiger partial charge in [-0.25, -0.2) is 0 Å². The monoisotopic (exact) mass is 359 g/mol. The molecule has 0 fully saturated rings. The summed E-state index contributed by atoms with van der Waals surface area (Å²) in [7, 11) is 0. The lowest BCUT2D eigenvalue weighted by molar-refractivity contribution is -0.135. The average molecular weight is 360 g/mol. The number of nitrogens with zero attached hydrogens (tertiary/aromatic N) is 3. The molecule has 112 valence electrons. The first kappa shape index (κ1) is 14.7. The molecule has 1 aliphatic heterocycles. The minimum absolute atomic E-state index is 0.181. The second kappa shape index (κ2) is 5.88. The summed E-state index contributed by atoms with van der Waals surface area (Å²) in [5, 5.41) is 5.64. The molecular weight excluding hydrogens is 346 g/mol. The minimum atomic E-state index is -0.564. The van der Waals surface area contributed by atoms with Gasteiger partial charge in [-0.2, -0.15) is 5.01 Å². The van der Waals surface area contributed by atoms with Crippen LogP contribution in [0.3, 0.4) is 0 Å². The van der Waals surface area contributed by atoms with Gasteiger partial charge in [0, 0.05) is 28.9 Å². The fourth-order valence-corrected chi connectivity index (χ4v) is 2.57. The Hall–Kier alpha value is -2.21. The van der Waals surface area contributed by atoms with Crippen molar-refractivity contribution in [3.8, 4) is 0 Å². The molecule has 0 saturated heterocycles. The third kappa shape index (κ3) is 2.87. The fraction of sp³-hybridized carbons (Fsp3) is 0.188. The van der Waals surface area contributed by atoms with E-state index < -0.39 is 6.23 Å². The largest absolute Gasteiger partial charge is 0.446 e. The highest BCUT2D eigenvalue weighted by Crippen LogP contribution is 2.31. The van der Waals surface area contributed by atoms with Crippen molar-refractivity contribution in [1.82, 2.24) is 9.99 Å². The van der Waals surface area contributed by atoms with Crippen LogP contribution in [0.2, 0.25) is 0 Å². The van der Waals surface area contributed by atoms with Crippen molar-refractivity contribution in [3.05, 3.63) is 63.9 Å². The van der Waals surface area contributed by atoms with Gasteiger partial charge in [0.25, 0.3) is 0 Å². The maximum absolute atomic E-state index is 11.9. The highest BCUT2D eigenvalue weighted by molar-refractivity contribution is 9.10. The fourth-order valence-electron chi connectivity index (χ4n) is 2.15. The highest BCUT2D eigenvalue weighted by Gasteiger charge is 2.33. The number of hydrogen-bond acceptors (Lipinski definition) is 4. The minimum Gasteiger partial charge on any atom is -0.446 e. The number of aryl methyl sites for hydroxylation is 1. The standard InChI is InChI=1S/C16H14BrN3O2/c1-10-6-7-13(9-18-10)15-19-20(11(2)21)16(22-15)12-4-3-5-14(17)8-12/h3-9,16H,1-2H3. The maximum Gasteiger partial charge on any atom is 0.243 e. The summed E-state index contributed by atoms with van der Waals surface area (Å²) in [5.41, 5.74) is 2.51. The average Bonchev–Trinajstić information content (AvgIpc) is 2.93. The van der Waals surface area contributed by atoms with Crippen LogP contribution in [-0.4, -0.2) is 21.8 Å². The number of rotatable bonds is 2. The van der Waals surface area contributed by atoms with E-state index in [0.717, 1.165) is 21.3 Å². The van der Waals surface area contributed by atoms with E-state index in [-0.39, 0.29) is 5.91 Å². The topological polar surface area (TPSA) is 54.8 Å². The summed E-state index contributed by atoms with van der Waals surface area (Å²) in [6, 6.07) is 11.4. The predicted molar refractivity (Wildman–Crippen MR) is 86.0 cm³/mol. The molecule has 1 unspecified atom stereocenters. The van der Waals surface area contributed by atoms with Crippen LogP contribution in [0.25, 0.3) is 0 Å². The summed E-state index contributed by atoms with van der Waals surface area (Å²) in [6.45, 7) is 3.38. The van der Waals surface area contributed by atoms with Crippen molar-refractivity contribution < 1.29 is 9.53 Å². The first-order valence-corrected chi connectivity index (χ1v) is 7.57. The van der Waals surface area contributed by atoms with Crippen molar-refractivity contribution in [1.29, 1.82) is 0 Å². The second-order valence-corrected chi connectivity index (χ2v) is 5.90. The lowest BCUT2D eigenvalue weighted by Crippen LogP contribution is -2.25. The van der Waals surface area contributed by atoms with Crippen molar-refractivity contribution in [3.63, 3.8) is 0 Å². The number of hydrogen-bond donors (Lipinski definition) is 0. The van der Waals surface area contributed by atoms with Crippen LogP contribution in [-0.2, 0) is 9.53 Å². The Bertz CT molecular complexity index is 743. The van der Waals surface area contributed by atoms with Gasteiger partial charge in [-0.05, 0) is 31.2 Å². The van der Waals surface area contributed by atoms with Crippen molar-refractivity contribution in [2.45, 2.75) is 20.1 Å². The highest BCUT2D eigenvalue weighted by atomic mass is 79.9. The van der Waals surface area contributed by atoms with Gasteiger partial charge in [0.15, 0.2) is 0 Å². The molecule has 2 aromatic rings. The molecule has 0 bridgehead atoms. The zero-order chi connectivity index (χ0) is 15.7. The van der Waals surface area contributed by atoms with E-state index in [1.54, 1.807) is 6.20 Å². The quantitative estimate of drug-likeness (QED) is 0.825. The number of halogens is 1. The van der Waals surface area contributed by atoms with Gasteiger partial charge in [-0.3, -0.25) is 9.78 Å². The molecule has 0 N–H and O–H groups in total. The number of ether oxygens (including phenoxy) is 1. The third-order valence-electron chi connectivity index (χ3n) is 3.26. The summed E-state index contributed by atoms with van der Waals surface area (Å²) < 4.78 is 6.82. The molecule has 1 aliphatic rings. The van der Waals surface area contributed by atoms with Crippen molar-refractivity contribution in [2.75, 3.05) is 0 Å². The number of pyridine rings is 1. The van der Waals surface area contributed by atoms with E-state index in [2.05, 4.69) is 26.0 Å². The number of benzene rings is 1. The van der Waals surface area contributed by atoms with Crippen molar-refractivity contribution >= 4 is 27.7 Å². The predicted octanol–water partition coefficient (Wildman–Crippen LogP) is 3.39. The van der Waals surface area contributed by atoms with Gasteiger partial charge in [0.1, 0.15) is 0 Å². The second-order valence-electron chi connectivity index (χ2n) is 4.98. The van der Waals surface area contributed by atoms with E-state index in [1.165, 1.54) is 11.9 Å². The molecule has 1 aromatic carbocycles. The van der Waals surface area contributed by atoms with Gasteiger partial charge in [0.05, 0.1) is 5.56 Å². The molecule has 3 rings (SSSR count). The Kier molecular flexibility index (Phi) is 3.94. The lowest BCUT2D eigenvalue weighted by atomic mass is 10.2. The number of amides is 1. The summed E-state index contributed by atoms with van der Waals surface area (Å²) in [4.78, 5) is 16.1. The SMILES string of the molecule is CC(=O)N1N=C(c2ccc(C)nc2)OC1c1cccc(Br)c1. The molecule has 6 heteroatoms. The molecule has 0 saturated carbocycles. The summed E-state index contributed by atoms with van der Waals surface area (Å²) in [6.07, 6.45) is 1.13. The summed E-state index contributed by atoms with van der Waals surface area (Å²) in [5.74, 6) is 0.215. The first-order chi connectivity index (χ1) is 10.5. The molecule has 22 heavy (non-hydrogen) atoms. The van der Waals surface area contributed by atoms with Gasteiger partial charge >= 0.3 is 0 Å². The Morgan fingerprint density at radius 3 is 2.77 bits per heavy atom. The Morgan fingerprint density at radius 1 is 1.32 bits per heavy atom. The summed E-state index contributed by atoms with van der Waals surface area (Å²) >= 11 is 3.43. The molecule has 0 spiro atoms. The van der Waals surface area contributed by atoms with Crippen LogP contribution in [0, 0.1) is 6.92 Å². The van der Waals surface area contributed by atoms with Gasteiger partial charge in [-0.15, -0.1) is 5.10 Å². The van der Waals surface area contributed by atoms with Crippen LogP contribution in [0.15, 0.2) is 52.2 Å². The Labute approximate surface area is 136 Å². The molecule has 5 nitrogen and oxygen atoms in total. The molecule has 1 amide bonds. The van der Waals surface area contributed by atoms with Crippen LogP contribution >= 0.6 is 15.9 Å². The smallest absolute Gasteiger partial charge is 0.243 e. The van der Waals surface area contributed by atoms with E-state index in [1.807, 2.05) is 43.3 Å². The zero-order valence-electron chi connectivity index (χ0n) is 12.2. The van der Waals surface area contributed by atoms with E-state index in [9.17, 15) is 4.79 Å². The maximum atomic E-state index is 11.9. The zero-order valence-corrected chi connectivity index (χ0v) is 13.7. The molecule has 2 heterocycles. The molecular formula is C16H14BrN3O2. The van der Waals surface area contributed by atoms with E-state index >= 15 is 0 Å².